The van der Waals surface area contributed by atoms with E-state index in [1.165, 1.54) is 5.56 Å². The van der Waals surface area contributed by atoms with Crippen molar-refractivity contribution in [1.29, 1.82) is 0 Å². The molecule has 3 rings (SSSR count). The van der Waals surface area contributed by atoms with Crippen LogP contribution in [0, 0.1) is 11.3 Å². The minimum atomic E-state index is -0.478. The fourth-order valence-electron chi connectivity index (χ4n) is 3.45. The molecule has 0 amide bonds. The van der Waals surface area contributed by atoms with Crippen molar-refractivity contribution in [3.05, 3.63) is 42.5 Å². The van der Waals surface area contributed by atoms with Crippen molar-refractivity contribution in [1.82, 2.24) is 20.0 Å². The van der Waals surface area contributed by atoms with E-state index in [4.69, 9.17) is 4.84 Å². The van der Waals surface area contributed by atoms with E-state index in [1.807, 2.05) is 51.4 Å². The van der Waals surface area contributed by atoms with Gasteiger partial charge in [0.2, 0.25) is 0 Å². The van der Waals surface area contributed by atoms with E-state index >= 15 is 0 Å². The molecule has 0 spiro atoms. The number of rotatable bonds is 8. The Morgan fingerprint density at radius 2 is 1.94 bits per heavy atom. The summed E-state index contributed by atoms with van der Waals surface area (Å²) in [6, 6.07) is 6.04. The smallest absolute Gasteiger partial charge is 0.330 e. The Morgan fingerprint density at radius 1 is 1.23 bits per heavy atom. The van der Waals surface area contributed by atoms with Crippen LogP contribution in [0.1, 0.15) is 39.2 Å². The van der Waals surface area contributed by atoms with Crippen LogP contribution in [0.15, 0.2) is 36.9 Å². The molecule has 0 aromatic carbocycles. The van der Waals surface area contributed by atoms with E-state index in [2.05, 4.69) is 32.2 Å². The van der Waals surface area contributed by atoms with Gasteiger partial charge in [0.1, 0.15) is 18.0 Å². The lowest BCUT2D eigenvalue weighted by Gasteiger charge is -2.34. The van der Waals surface area contributed by atoms with E-state index in [0.717, 1.165) is 57.1 Å². The number of aromatic nitrogens is 3. The van der Waals surface area contributed by atoms with Gasteiger partial charge in [0.15, 0.2) is 0 Å². The Bertz CT molecular complexity index is 831. The summed E-state index contributed by atoms with van der Waals surface area (Å²) in [5, 5.41) is 5.18. The molecule has 1 fully saturated rings. The van der Waals surface area contributed by atoms with E-state index in [9.17, 15) is 4.79 Å². The van der Waals surface area contributed by atoms with E-state index in [-0.39, 0.29) is 5.97 Å². The monoisotopic (exact) mass is 426 g/mol. The molecule has 0 bridgehead atoms. The summed E-state index contributed by atoms with van der Waals surface area (Å²) < 4.78 is 0. The van der Waals surface area contributed by atoms with Crippen molar-refractivity contribution < 1.29 is 9.63 Å². The SMILES string of the molecule is CN(CC1CCN(OC(=O)C(C)(C)C)CC1)c1cc(NCCc2ccncc2)ncn1. The lowest BCUT2D eigenvalue weighted by molar-refractivity contribution is -0.205. The Balaban J connectivity index is 1.44. The first-order chi connectivity index (χ1) is 14.8. The second-order valence-electron chi connectivity index (χ2n) is 9.18. The van der Waals surface area contributed by atoms with Gasteiger partial charge in [-0.2, -0.15) is 0 Å². The zero-order valence-corrected chi connectivity index (χ0v) is 19.0. The van der Waals surface area contributed by atoms with Crippen LogP contribution in [0.2, 0.25) is 0 Å². The fourth-order valence-corrected chi connectivity index (χ4v) is 3.45. The second kappa shape index (κ2) is 10.5. The largest absolute Gasteiger partial charge is 0.370 e. The van der Waals surface area contributed by atoms with Crippen molar-refractivity contribution in [2.24, 2.45) is 11.3 Å². The minimum absolute atomic E-state index is 0.173. The summed E-state index contributed by atoms with van der Waals surface area (Å²) in [6.45, 7) is 8.88. The van der Waals surface area contributed by atoms with Crippen LogP contribution in [0.4, 0.5) is 11.6 Å². The number of anilines is 2. The molecule has 2 aromatic heterocycles. The van der Waals surface area contributed by atoms with Gasteiger partial charge in [-0.25, -0.2) is 14.8 Å². The maximum atomic E-state index is 12.1. The summed E-state index contributed by atoms with van der Waals surface area (Å²) >= 11 is 0. The van der Waals surface area contributed by atoms with Crippen LogP contribution >= 0.6 is 0 Å². The van der Waals surface area contributed by atoms with Crippen LogP contribution in [0.5, 0.6) is 0 Å². The number of piperidine rings is 1. The lowest BCUT2D eigenvalue weighted by Crippen LogP contribution is -2.41. The lowest BCUT2D eigenvalue weighted by atomic mass is 9.97. The zero-order valence-electron chi connectivity index (χ0n) is 19.0. The molecular formula is C23H34N6O2. The number of hydrogen-bond donors (Lipinski definition) is 1. The van der Waals surface area contributed by atoms with Gasteiger partial charge >= 0.3 is 5.97 Å². The normalized spacial score (nSPS) is 15.5. The topological polar surface area (TPSA) is 83.5 Å². The first-order valence-electron chi connectivity index (χ1n) is 10.9. The quantitative estimate of drug-likeness (QED) is 0.689. The molecule has 8 heteroatoms. The van der Waals surface area contributed by atoms with Crippen LogP contribution in [0.3, 0.4) is 0 Å². The number of hydroxylamine groups is 2. The van der Waals surface area contributed by atoms with Crippen molar-refractivity contribution >= 4 is 17.6 Å². The molecule has 3 heterocycles. The summed E-state index contributed by atoms with van der Waals surface area (Å²) in [5.74, 6) is 2.10. The molecule has 168 valence electrons. The molecule has 0 saturated carbocycles. The predicted molar refractivity (Wildman–Crippen MR) is 122 cm³/mol. The minimum Gasteiger partial charge on any atom is -0.370 e. The maximum Gasteiger partial charge on any atom is 0.330 e. The second-order valence-corrected chi connectivity index (χ2v) is 9.18. The van der Waals surface area contributed by atoms with Gasteiger partial charge in [-0.3, -0.25) is 4.98 Å². The van der Waals surface area contributed by atoms with E-state index < -0.39 is 5.41 Å². The molecule has 0 atom stereocenters. The van der Waals surface area contributed by atoms with Gasteiger partial charge in [0.05, 0.1) is 5.41 Å². The molecule has 1 saturated heterocycles. The van der Waals surface area contributed by atoms with Gasteiger partial charge < -0.3 is 15.1 Å². The van der Waals surface area contributed by atoms with Gasteiger partial charge in [-0.1, -0.05) is 0 Å². The molecule has 31 heavy (non-hydrogen) atoms. The average molecular weight is 427 g/mol. The van der Waals surface area contributed by atoms with Gasteiger partial charge in [-0.15, -0.1) is 5.06 Å². The third kappa shape index (κ3) is 7.17. The van der Waals surface area contributed by atoms with Crippen molar-refractivity contribution in [3.63, 3.8) is 0 Å². The molecular weight excluding hydrogens is 392 g/mol. The number of nitrogens with zero attached hydrogens (tertiary/aromatic N) is 5. The Morgan fingerprint density at radius 3 is 2.61 bits per heavy atom. The standard InChI is InChI=1S/C23H34N6O2/c1-23(2,3)22(30)31-29-13-8-19(9-14-29)16-28(4)21-15-20(26-17-27-21)25-12-7-18-5-10-24-11-6-18/h5-6,10-11,15,17,19H,7-9,12-14,16H2,1-4H3,(H,25,26,27). The Labute approximate surface area is 185 Å². The Hall–Kier alpha value is -2.74. The molecule has 0 radical (unpaired) electrons. The summed E-state index contributed by atoms with van der Waals surface area (Å²) in [7, 11) is 2.06. The van der Waals surface area contributed by atoms with Gasteiger partial charge in [-0.05, 0) is 63.6 Å². The highest BCUT2D eigenvalue weighted by molar-refractivity contribution is 5.75. The highest BCUT2D eigenvalue weighted by atomic mass is 16.7. The summed E-state index contributed by atoms with van der Waals surface area (Å²) in [6.07, 6.45) is 8.12. The first kappa shape index (κ1) is 22.9. The number of carbonyl (C=O) groups is 1. The average Bonchev–Trinajstić information content (AvgIpc) is 2.75. The third-order valence-corrected chi connectivity index (χ3v) is 5.44. The summed E-state index contributed by atoms with van der Waals surface area (Å²) in [5.41, 5.74) is 0.766. The molecule has 1 aliphatic rings. The van der Waals surface area contributed by atoms with Crippen LogP contribution in [0.25, 0.3) is 0 Å². The molecule has 0 unspecified atom stereocenters. The third-order valence-electron chi connectivity index (χ3n) is 5.44. The molecule has 0 aliphatic carbocycles. The highest BCUT2D eigenvalue weighted by Gasteiger charge is 2.28. The van der Waals surface area contributed by atoms with Crippen molar-refractivity contribution in [3.8, 4) is 0 Å². The predicted octanol–water partition coefficient (Wildman–Crippen LogP) is 3.18. The number of nitrogens with one attached hydrogen (secondary N) is 1. The number of pyridine rings is 1. The summed E-state index contributed by atoms with van der Waals surface area (Å²) in [4.78, 5) is 32.6. The molecule has 8 nitrogen and oxygen atoms in total. The molecule has 2 aromatic rings. The van der Waals surface area contributed by atoms with Crippen molar-refractivity contribution in [2.45, 2.75) is 40.0 Å². The van der Waals surface area contributed by atoms with E-state index in [0.29, 0.717) is 5.92 Å². The first-order valence-corrected chi connectivity index (χ1v) is 10.9. The van der Waals surface area contributed by atoms with Crippen molar-refractivity contribution in [2.75, 3.05) is 43.4 Å². The van der Waals surface area contributed by atoms with Crippen LogP contribution < -0.4 is 10.2 Å². The van der Waals surface area contributed by atoms with Crippen LogP contribution in [-0.4, -0.2) is 59.2 Å². The number of carbonyl (C=O) groups excluding carboxylic acids is 1. The highest BCUT2D eigenvalue weighted by Crippen LogP contribution is 2.23. The van der Waals surface area contributed by atoms with Crippen LogP contribution in [-0.2, 0) is 16.1 Å². The fraction of sp³-hybridized carbons (Fsp3) is 0.565. The van der Waals surface area contributed by atoms with Gasteiger partial charge in [0.25, 0.3) is 0 Å². The maximum absolute atomic E-state index is 12.1. The zero-order chi connectivity index (χ0) is 22.3. The number of hydrogen-bond acceptors (Lipinski definition) is 8. The Kier molecular flexibility index (Phi) is 7.79. The van der Waals surface area contributed by atoms with E-state index in [1.54, 1.807) is 11.4 Å². The van der Waals surface area contributed by atoms with Gasteiger partial charge in [0, 0.05) is 51.7 Å². The molecule has 1 aliphatic heterocycles. The molecule has 1 N–H and O–H groups in total.